The van der Waals surface area contributed by atoms with Crippen LogP contribution in [0.25, 0.3) is 21.7 Å². The van der Waals surface area contributed by atoms with E-state index in [2.05, 4.69) is 0 Å². The van der Waals surface area contributed by atoms with Gasteiger partial charge in [-0.05, 0) is 35.0 Å². The first-order valence-electron chi connectivity index (χ1n) is 8.94. The zero-order chi connectivity index (χ0) is 20.4. The molecule has 0 aliphatic carbocycles. The van der Waals surface area contributed by atoms with Crippen LogP contribution in [0.4, 0.5) is 0 Å². The van der Waals surface area contributed by atoms with Gasteiger partial charge >= 0.3 is 11.6 Å². The monoisotopic (exact) mass is 390 g/mol. The molecule has 0 saturated heterocycles. The molecule has 0 aliphatic heterocycles. The number of benzene rings is 3. The van der Waals surface area contributed by atoms with Gasteiger partial charge in [0.1, 0.15) is 12.2 Å². The zero-order valence-corrected chi connectivity index (χ0v) is 15.9. The van der Waals surface area contributed by atoms with Gasteiger partial charge in [0.2, 0.25) is 0 Å². The number of rotatable bonds is 5. The van der Waals surface area contributed by atoms with Crippen molar-refractivity contribution in [3.05, 3.63) is 82.2 Å². The van der Waals surface area contributed by atoms with Crippen molar-refractivity contribution in [2.45, 2.75) is 6.61 Å². The van der Waals surface area contributed by atoms with Crippen LogP contribution in [0, 0.1) is 0 Å². The number of ether oxygens (including phenoxy) is 3. The first kappa shape index (κ1) is 18.6. The number of methoxy groups -OCH3 is 2. The third-order valence-corrected chi connectivity index (χ3v) is 4.68. The minimum atomic E-state index is -0.465. The van der Waals surface area contributed by atoms with Gasteiger partial charge < -0.3 is 18.6 Å². The van der Waals surface area contributed by atoms with E-state index in [1.807, 2.05) is 30.3 Å². The number of hydrogen-bond acceptors (Lipinski definition) is 6. The Kier molecular flexibility index (Phi) is 4.91. The maximum Gasteiger partial charge on any atom is 0.337 e. The second-order valence-electron chi connectivity index (χ2n) is 6.40. The molecule has 1 aromatic heterocycles. The summed E-state index contributed by atoms with van der Waals surface area (Å²) in [6.07, 6.45) is 0. The number of esters is 1. The summed E-state index contributed by atoms with van der Waals surface area (Å²) in [4.78, 5) is 23.7. The van der Waals surface area contributed by atoms with Gasteiger partial charge in [-0.1, -0.05) is 30.3 Å². The van der Waals surface area contributed by atoms with Crippen molar-refractivity contribution in [2.75, 3.05) is 14.2 Å². The summed E-state index contributed by atoms with van der Waals surface area (Å²) in [7, 11) is 2.80. The largest absolute Gasteiger partial charge is 0.493 e. The van der Waals surface area contributed by atoms with Gasteiger partial charge in [0.05, 0.1) is 19.8 Å². The van der Waals surface area contributed by atoms with E-state index in [1.165, 1.54) is 20.3 Å². The number of carbonyl (C=O) groups excluding carboxylic acids is 1. The van der Waals surface area contributed by atoms with Crippen LogP contribution in [-0.4, -0.2) is 20.2 Å². The second kappa shape index (κ2) is 7.67. The molecular formula is C23H18O6. The quantitative estimate of drug-likeness (QED) is 0.287. The molecule has 0 spiro atoms. The highest BCUT2D eigenvalue weighted by atomic mass is 16.5. The fraction of sp³-hybridized carbons (Fsp3) is 0.130. The van der Waals surface area contributed by atoms with Gasteiger partial charge in [-0.15, -0.1) is 0 Å². The SMILES string of the molecule is COC(=O)c1ccc(OCc2cc(=O)oc3ccc4ccccc4c23)c(OC)c1. The normalized spacial score (nSPS) is 10.8. The minimum absolute atomic E-state index is 0.129. The van der Waals surface area contributed by atoms with Crippen molar-refractivity contribution < 1.29 is 23.4 Å². The van der Waals surface area contributed by atoms with E-state index in [-0.39, 0.29) is 6.61 Å². The molecule has 4 aromatic rings. The number of hydrogen-bond donors (Lipinski definition) is 0. The summed E-state index contributed by atoms with van der Waals surface area (Å²) in [6, 6.07) is 17.8. The van der Waals surface area contributed by atoms with E-state index in [9.17, 15) is 9.59 Å². The van der Waals surface area contributed by atoms with E-state index in [0.717, 1.165) is 16.2 Å². The Labute approximate surface area is 166 Å². The molecule has 0 atom stereocenters. The third kappa shape index (κ3) is 3.52. The molecule has 0 saturated carbocycles. The molecule has 0 radical (unpaired) electrons. The summed E-state index contributed by atoms with van der Waals surface area (Å²) in [6.45, 7) is 0.129. The molecule has 6 nitrogen and oxygen atoms in total. The van der Waals surface area contributed by atoms with Gasteiger partial charge in [0, 0.05) is 17.0 Å². The third-order valence-electron chi connectivity index (χ3n) is 4.68. The smallest absolute Gasteiger partial charge is 0.337 e. The first-order valence-corrected chi connectivity index (χ1v) is 8.94. The minimum Gasteiger partial charge on any atom is -0.493 e. The first-order chi connectivity index (χ1) is 14.1. The van der Waals surface area contributed by atoms with Crippen molar-refractivity contribution in [3.63, 3.8) is 0 Å². The Morgan fingerprint density at radius 3 is 2.59 bits per heavy atom. The van der Waals surface area contributed by atoms with Crippen LogP contribution in [0.5, 0.6) is 11.5 Å². The van der Waals surface area contributed by atoms with Gasteiger partial charge in [0.15, 0.2) is 11.5 Å². The highest BCUT2D eigenvalue weighted by Gasteiger charge is 2.14. The van der Waals surface area contributed by atoms with Crippen molar-refractivity contribution in [3.8, 4) is 11.5 Å². The standard InChI is InChI=1S/C23H18O6/c1-26-20-11-15(23(25)27-2)8-9-18(20)28-13-16-12-21(24)29-19-10-7-14-5-3-4-6-17(14)22(16)19/h3-12H,13H2,1-2H3. The van der Waals surface area contributed by atoms with Gasteiger partial charge in [0.25, 0.3) is 0 Å². The molecule has 0 unspecified atom stereocenters. The topological polar surface area (TPSA) is 75.0 Å². The van der Waals surface area contributed by atoms with Crippen molar-refractivity contribution >= 4 is 27.7 Å². The molecular weight excluding hydrogens is 372 g/mol. The predicted octanol–water partition coefficient (Wildman–Crippen LogP) is 4.32. The number of carbonyl (C=O) groups is 1. The van der Waals surface area contributed by atoms with Crippen molar-refractivity contribution in [1.29, 1.82) is 0 Å². The summed E-state index contributed by atoms with van der Waals surface area (Å²) < 4.78 is 21.4. The van der Waals surface area contributed by atoms with Crippen LogP contribution in [0.15, 0.2) is 69.9 Å². The van der Waals surface area contributed by atoms with Gasteiger partial charge in [-0.3, -0.25) is 0 Å². The second-order valence-corrected chi connectivity index (χ2v) is 6.40. The molecule has 6 heteroatoms. The molecule has 146 valence electrons. The lowest BCUT2D eigenvalue weighted by molar-refractivity contribution is 0.0600. The molecule has 29 heavy (non-hydrogen) atoms. The van der Waals surface area contributed by atoms with Crippen LogP contribution >= 0.6 is 0 Å². The van der Waals surface area contributed by atoms with E-state index in [0.29, 0.717) is 28.2 Å². The Bertz CT molecular complexity index is 1270. The van der Waals surface area contributed by atoms with Crippen LogP contribution in [0.3, 0.4) is 0 Å². The van der Waals surface area contributed by atoms with Gasteiger partial charge in [-0.2, -0.15) is 0 Å². The van der Waals surface area contributed by atoms with E-state index in [4.69, 9.17) is 18.6 Å². The molecule has 3 aromatic carbocycles. The summed E-state index contributed by atoms with van der Waals surface area (Å²) in [5.74, 6) is 0.375. The van der Waals surface area contributed by atoms with E-state index in [1.54, 1.807) is 24.3 Å². The maximum atomic E-state index is 12.0. The van der Waals surface area contributed by atoms with Crippen LogP contribution < -0.4 is 15.1 Å². The Morgan fingerprint density at radius 1 is 0.966 bits per heavy atom. The lowest BCUT2D eigenvalue weighted by Crippen LogP contribution is -2.06. The van der Waals surface area contributed by atoms with E-state index >= 15 is 0 Å². The van der Waals surface area contributed by atoms with Gasteiger partial charge in [-0.25, -0.2) is 9.59 Å². The zero-order valence-electron chi connectivity index (χ0n) is 15.9. The number of fused-ring (bicyclic) bond motifs is 3. The molecule has 1 heterocycles. The lowest BCUT2D eigenvalue weighted by Gasteiger charge is -2.13. The molecule has 0 fully saturated rings. The van der Waals surface area contributed by atoms with Crippen LogP contribution in [-0.2, 0) is 11.3 Å². The molecule has 0 aliphatic rings. The maximum absolute atomic E-state index is 12.0. The fourth-order valence-corrected chi connectivity index (χ4v) is 3.32. The van der Waals surface area contributed by atoms with Crippen LogP contribution in [0.1, 0.15) is 15.9 Å². The predicted molar refractivity (Wildman–Crippen MR) is 109 cm³/mol. The Morgan fingerprint density at radius 2 is 1.79 bits per heavy atom. The van der Waals surface area contributed by atoms with Crippen molar-refractivity contribution in [2.24, 2.45) is 0 Å². The molecule has 0 bridgehead atoms. The highest BCUT2D eigenvalue weighted by molar-refractivity contribution is 6.07. The molecule has 0 amide bonds. The lowest BCUT2D eigenvalue weighted by atomic mass is 10.0. The highest BCUT2D eigenvalue weighted by Crippen LogP contribution is 2.31. The van der Waals surface area contributed by atoms with Crippen molar-refractivity contribution in [1.82, 2.24) is 0 Å². The Balaban J connectivity index is 1.74. The summed E-state index contributed by atoms with van der Waals surface area (Å²) in [5, 5.41) is 2.84. The van der Waals surface area contributed by atoms with E-state index < -0.39 is 11.6 Å². The average Bonchev–Trinajstić information content (AvgIpc) is 2.76. The summed E-state index contributed by atoms with van der Waals surface area (Å²) >= 11 is 0. The van der Waals surface area contributed by atoms with Crippen LogP contribution in [0.2, 0.25) is 0 Å². The average molecular weight is 390 g/mol. The molecule has 4 rings (SSSR count). The Hall–Kier alpha value is -3.80. The fourth-order valence-electron chi connectivity index (χ4n) is 3.32. The molecule has 0 N–H and O–H groups in total. The summed E-state index contributed by atoms with van der Waals surface area (Å²) in [5.41, 5.74) is 1.11.